The number of nitrogens with one attached hydrogen (secondary N) is 1. The van der Waals surface area contributed by atoms with Crippen LogP contribution in [0, 0.1) is 5.92 Å². The number of halogens is 2. The van der Waals surface area contributed by atoms with Crippen molar-refractivity contribution in [1.29, 1.82) is 0 Å². The van der Waals surface area contributed by atoms with Crippen molar-refractivity contribution in [2.24, 2.45) is 5.92 Å². The summed E-state index contributed by atoms with van der Waals surface area (Å²) in [7, 11) is -2.06. The molecule has 1 aliphatic heterocycles. The Hall–Kier alpha value is -2.24. The van der Waals surface area contributed by atoms with Crippen LogP contribution in [-0.4, -0.2) is 49.0 Å². The van der Waals surface area contributed by atoms with E-state index in [0.717, 1.165) is 11.3 Å². The van der Waals surface area contributed by atoms with Gasteiger partial charge in [0.2, 0.25) is 21.1 Å². The Bertz CT molecular complexity index is 1280. The number of amides is 1. The van der Waals surface area contributed by atoms with Crippen molar-refractivity contribution < 1.29 is 17.9 Å². The maximum Gasteiger partial charge on any atom is 0.230 e. The van der Waals surface area contributed by atoms with Gasteiger partial charge in [-0.25, -0.2) is 12.7 Å². The molecule has 0 aliphatic carbocycles. The smallest absolute Gasteiger partial charge is 0.230 e. The maximum atomic E-state index is 13.0. The van der Waals surface area contributed by atoms with E-state index in [4.69, 9.17) is 27.9 Å². The molecule has 0 saturated carbocycles. The Morgan fingerprint density at radius 1 is 1.21 bits per heavy atom. The Morgan fingerprint density at radius 3 is 2.68 bits per heavy atom. The summed E-state index contributed by atoms with van der Waals surface area (Å²) >= 11 is 13.3. The van der Waals surface area contributed by atoms with Gasteiger partial charge in [-0.15, -0.1) is 10.2 Å². The van der Waals surface area contributed by atoms with Crippen LogP contribution in [0.5, 0.6) is 5.75 Å². The van der Waals surface area contributed by atoms with Crippen LogP contribution in [0.2, 0.25) is 10.0 Å². The highest BCUT2D eigenvalue weighted by atomic mass is 35.5. The van der Waals surface area contributed by atoms with Gasteiger partial charge in [0.15, 0.2) is 0 Å². The average Bonchev–Trinajstić information content (AvgIpc) is 3.29. The lowest BCUT2D eigenvalue weighted by Crippen LogP contribution is -2.44. The second-order valence-electron chi connectivity index (χ2n) is 7.82. The fourth-order valence-electron chi connectivity index (χ4n) is 3.67. The van der Waals surface area contributed by atoms with Gasteiger partial charge in [0, 0.05) is 28.7 Å². The molecule has 12 heteroatoms. The van der Waals surface area contributed by atoms with Gasteiger partial charge in [0.05, 0.1) is 18.8 Å². The van der Waals surface area contributed by atoms with Gasteiger partial charge in [-0.05, 0) is 54.8 Å². The molecule has 2 heterocycles. The van der Waals surface area contributed by atoms with Crippen LogP contribution in [0.1, 0.15) is 18.4 Å². The van der Waals surface area contributed by atoms with Crippen molar-refractivity contribution in [3.63, 3.8) is 0 Å². The summed E-state index contributed by atoms with van der Waals surface area (Å²) in [5.74, 6) is -0.282. The van der Waals surface area contributed by atoms with E-state index in [2.05, 4.69) is 15.5 Å². The third-order valence-electron chi connectivity index (χ3n) is 5.49. The van der Waals surface area contributed by atoms with Crippen LogP contribution < -0.4 is 10.1 Å². The minimum Gasteiger partial charge on any atom is -0.497 e. The molecule has 1 amide bonds. The summed E-state index contributed by atoms with van der Waals surface area (Å²) in [5, 5.41) is 12.7. The van der Waals surface area contributed by atoms with Crippen LogP contribution in [0.25, 0.3) is 10.6 Å². The first-order chi connectivity index (χ1) is 16.2. The molecule has 0 bridgehead atoms. The minimum atomic E-state index is -3.66. The number of ether oxygens (including phenoxy) is 1. The van der Waals surface area contributed by atoms with Crippen molar-refractivity contribution in [3.8, 4) is 16.3 Å². The molecule has 34 heavy (non-hydrogen) atoms. The highest BCUT2D eigenvalue weighted by Gasteiger charge is 2.33. The van der Waals surface area contributed by atoms with Gasteiger partial charge in [0.1, 0.15) is 10.8 Å². The molecule has 2 aromatic carbocycles. The van der Waals surface area contributed by atoms with Gasteiger partial charge >= 0.3 is 0 Å². The molecule has 1 aliphatic rings. The predicted molar refractivity (Wildman–Crippen MR) is 134 cm³/mol. The molecule has 180 valence electrons. The van der Waals surface area contributed by atoms with Gasteiger partial charge < -0.3 is 10.1 Å². The zero-order valence-corrected chi connectivity index (χ0v) is 21.3. The number of rotatable bonds is 7. The molecule has 1 atom stereocenters. The highest BCUT2D eigenvalue weighted by Crippen LogP contribution is 2.30. The Balaban J connectivity index is 1.40. The first-order valence-electron chi connectivity index (χ1n) is 10.5. The van der Waals surface area contributed by atoms with E-state index in [-0.39, 0.29) is 18.2 Å². The molecule has 1 aromatic heterocycles. The van der Waals surface area contributed by atoms with E-state index in [1.165, 1.54) is 21.7 Å². The Labute approximate surface area is 211 Å². The summed E-state index contributed by atoms with van der Waals surface area (Å²) in [6, 6.07) is 12.1. The highest BCUT2D eigenvalue weighted by molar-refractivity contribution is 7.88. The number of piperidine rings is 1. The molecule has 4 rings (SSSR count). The molecule has 1 saturated heterocycles. The topological polar surface area (TPSA) is 101 Å². The zero-order valence-electron chi connectivity index (χ0n) is 18.2. The van der Waals surface area contributed by atoms with Crippen molar-refractivity contribution in [2.75, 3.05) is 25.5 Å². The molecular formula is C22H22Cl2N4O4S2. The summed E-state index contributed by atoms with van der Waals surface area (Å²) in [6.07, 6.45) is 1.17. The van der Waals surface area contributed by atoms with Crippen LogP contribution in [-0.2, 0) is 20.6 Å². The normalized spacial score (nSPS) is 16.9. The van der Waals surface area contributed by atoms with Crippen molar-refractivity contribution in [3.05, 3.63) is 58.1 Å². The van der Waals surface area contributed by atoms with Crippen LogP contribution >= 0.6 is 34.5 Å². The molecule has 1 unspecified atom stereocenters. The summed E-state index contributed by atoms with van der Waals surface area (Å²) in [6.45, 7) is 0.460. The third-order valence-corrected chi connectivity index (χ3v) is 8.76. The number of carbonyl (C=O) groups is 1. The molecule has 0 radical (unpaired) electrons. The summed E-state index contributed by atoms with van der Waals surface area (Å²) in [4.78, 5) is 12.9. The lowest BCUT2D eigenvalue weighted by molar-refractivity contribution is -0.120. The number of anilines is 1. The summed E-state index contributed by atoms with van der Waals surface area (Å²) < 4.78 is 32.5. The standard InChI is InChI=1S/C22H22Cl2N4O4S2/c1-32-18-8-5-14(6-9-18)21-26-27-22(33-21)25-20(29)15-3-2-10-28(12-15)34(30,31)13-16-4-7-17(23)11-19(16)24/h4-9,11,15H,2-3,10,12-13H2,1H3,(H,25,27,29). The van der Waals surface area contributed by atoms with E-state index in [1.807, 2.05) is 24.3 Å². The van der Waals surface area contributed by atoms with Gasteiger partial charge in [-0.3, -0.25) is 4.79 Å². The second-order valence-corrected chi connectivity index (χ2v) is 11.6. The van der Waals surface area contributed by atoms with Gasteiger partial charge in [0.25, 0.3) is 0 Å². The van der Waals surface area contributed by atoms with Crippen LogP contribution in [0.15, 0.2) is 42.5 Å². The van der Waals surface area contributed by atoms with Crippen molar-refractivity contribution in [1.82, 2.24) is 14.5 Å². The molecule has 1 fully saturated rings. The maximum absolute atomic E-state index is 13.0. The van der Waals surface area contributed by atoms with Crippen LogP contribution in [0.3, 0.4) is 0 Å². The van der Waals surface area contributed by atoms with E-state index in [9.17, 15) is 13.2 Å². The van der Waals surface area contributed by atoms with Crippen molar-refractivity contribution in [2.45, 2.75) is 18.6 Å². The number of nitrogens with zero attached hydrogens (tertiary/aromatic N) is 3. The third kappa shape index (κ3) is 5.87. The van der Waals surface area contributed by atoms with E-state index in [1.54, 1.807) is 19.2 Å². The fraction of sp³-hybridized carbons (Fsp3) is 0.318. The average molecular weight is 541 g/mol. The second kappa shape index (κ2) is 10.6. The van der Waals surface area contributed by atoms with E-state index < -0.39 is 15.9 Å². The minimum absolute atomic E-state index is 0.101. The Morgan fingerprint density at radius 2 is 1.97 bits per heavy atom. The number of hydrogen-bond donors (Lipinski definition) is 1. The summed E-state index contributed by atoms with van der Waals surface area (Å²) in [5.41, 5.74) is 1.33. The fourth-order valence-corrected chi connectivity index (χ4v) is 6.62. The molecule has 8 nitrogen and oxygen atoms in total. The first kappa shape index (κ1) is 24.9. The van der Waals surface area contributed by atoms with Crippen LogP contribution in [0.4, 0.5) is 5.13 Å². The van der Waals surface area contributed by atoms with Crippen molar-refractivity contribution >= 4 is 55.6 Å². The molecule has 0 spiro atoms. The molecule has 1 N–H and O–H groups in total. The predicted octanol–water partition coefficient (Wildman–Crippen LogP) is 4.70. The number of carbonyl (C=O) groups excluding carboxylic acids is 1. The SMILES string of the molecule is COc1ccc(-c2nnc(NC(=O)C3CCCN(S(=O)(=O)Cc4ccc(Cl)cc4Cl)C3)s2)cc1. The van der Waals surface area contributed by atoms with E-state index >= 15 is 0 Å². The molecular weight excluding hydrogens is 519 g/mol. The number of benzene rings is 2. The number of aromatic nitrogens is 2. The number of methoxy groups -OCH3 is 1. The quantitative estimate of drug-likeness (QED) is 0.465. The monoisotopic (exact) mass is 540 g/mol. The van der Waals surface area contributed by atoms with Gasteiger partial charge in [-0.1, -0.05) is 40.6 Å². The first-order valence-corrected chi connectivity index (χ1v) is 13.6. The van der Waals surface area contributed by atoms with Gasteiger partial charge in [-0.2, -0.15) is 0 Å². The van der Waals surface area contributed by atoms with E-state index in [0.29, 0.717) is 45.1 Å². The largest absolute Gasteiger partial charge is 0.497 e. The lowest BCUT2D eigenvalue weighted by Gasteiger charge is -2.31. The Kier molecular flexibility index (Phi) is 7.73. The molecule has 3 aromatic rings. The zero-order chi connectivity index (χ0) is 24.3. The number of hydrogen-bond acceptors (Lipinski definition) is 7. The number of sulfonamides is 1. The lowest BCUT2D eigenvalue weighted by atomic mass is 9.99.